The first-order valence-electron chi connectivity index (χ1n) is 6.28. The van der Waals surface area contributed by atoms with Crippen molar-refractivity contribution in [3.05, 3.63) is 29.8 Å². The fourth-order valence-corrected chi connectivity index (χ4v) is 1.60. The van der Waals surface area contributed by atoms with E-state index in [2.05, 4.69) is 21.6 Å². The van der Waals surface area contributed by atoms with E-state index in [0.29, 0.717) is 17.8 Å². The van der Waals surface area contributed by atoms with E-state index in [1.54, 1.807) is 18.2 Å². The standard InChI is InChI=1S/C14H20N4O/c1-18(2)9-5-8-16-14(19)11-17-13-7-4-3-6-12(13)10-15/h3-4,6-7,17H,5,8-9,11H2,1-2H3,(H,16,19). The topological polar surface area (TPSA) is 68.2 Å². The van der Waals surface area contributed by atoms with Gasteiger partial charge in [0.25, 0.3) is 0 Å². The Bertz CT molecular complexity index is 451. The molecule has 0 aliphatic carbocycles. The third-order valence-electron chi connectivity index (χ3n) is 2.59. The molecule has 5 nitrogen and oxygen atoms in total. The van der Waals surface area contributed by atoms with E-state index in [1.807, 2.05) is 20.2 Å². The van der Waals surface area contributed by atoms with Crippen molar-refractivity contribution in [2.24, 2.45) is 0 Å². The SMILES string of the molecule is CN(C)CCCNC(=O)CNc1ccccc1C#N. The van der Waals surface area contributed by atoms with Gasteiger partial charge in [-0.2, -0.15) is 5.26 Å². The number of benzene rings is 1. The molecule has 0 saturated heterocycles. The average molecular weight is 260 g/mol. The van der Waals surface area contributed by atoms with Crippen LogP contribution >= 0.6 is 0 Å². The maximum Gasteiger partial charge on any atom is 0.239 e. The van der Waals surface area contributed by atoms with E-state index >= 15 is 0 Å². The Morgan fingerprint density at radius 3 is 2.79 bits per heavy atom. The van der Waals surface area contributed by atoms with Crippen LogP contribution in [-0.2, 0) is 4.79 Å². The number of hydrogen-bond donors (Lipinski definition) is 2. The molecular weight excluding hydrogens is 240 g/mol. The largest absolute Gasteiger partial charge is 0.375 e. The van der Waals surface area contributed by atoms with E-state index < -0.39 is 0 Å². The van der Waals surface area contributed by atoms with Crippen molar-refractivity contribution >= 4 is 11.6 Å². The molecule has 19 heavy (non-hydrogen) atoms. The summed E-state index contributed by atoms with van der Waals surface area (Å²) in [6.07, 6.45) is 0.924. The molecule has 102 valence electrons. The van der Waals surface area contributed by atoms with E-state index in [4.69, 9.17) is 5.26 Å². The summed E-state index contributed by atoms with van der Waals surface area (Å²) in [7, 11) is 4.00. The molecule has 0 aliphatic rings. The zero-order valence-electron chi connectivity index (χ0n) is 11.4. The fraction of sp³-hybridized carbons (Fsp3) is 0.429. The lowest BCUT2D eigenvalue weighted by atomic mass is 10.2. The van der Waals surface area contributed by atoms with E-state index in [1.165, 1.54) is 0 Å². The second-order valence-electron chi connectivity index (χ2n) is 4.52. The lowest BCUT2D eigenvalue weighted by molar-refractivity contribution is -0.119. The van der Waals surface area contributed by atoms with Gasteiger partial charge in [0.15, 0.2) is 0 Å². The monoisotopic (exact) mass is 260 g/mol. The van der Waals surface area contributed by atoms with Crippen LogP contribution in [0, 0.1) is 11.3 Å². The van der Waals surface area contributed by atoms with E-state index in [0.717, 1.165) is 13.0 Å². The molecule has 0 atom stereocenters. The molecule has 5 heteroatoms. The van der Waals surface area contributed by atoms with Gasteiger partial charge in [-0.1, -0.05) is 12.1 Å². The summed E-state index contributed by atoms with van der Waals surface area (Å²) in [6, 6.07) is 9.22. The van der Waals surface area contributed by atoms with Gasteiger partial charge >= 0.3 is 0 Å². The van der Waals surface area contributed by atoms with Crippen molar-refractivity contribution in [2.45, 2.75) is 6.42 Å². The van der Waals surface area contributed by atoms with Crippen LogP contribution in [0.5, 0.6) is 0 Å². The third kappa shape index (κ3) is 5.89. The summed E-state index contributed by atoms with van der Waals surface area (Å²) < 4.78 is 0. The van der Waals surface area contributed by atoms with Crippen molar-refractivity contribution < 1.29 is 4.79 Å². The normalized spacial score (nSPS) is 10.0. The maximum absolute atomic E-state index is 11.6. The van der Waals surface area contributed by atoms with E-state index in [-0.39, 0.29) is 12.5 Å². The summed E-state index contributed by atoms with van der Waals surface area (Å²) >= 11 is 0. The van der Waals surface area contributed by atoms with Crippen LogP contribution in [0.3, 0.4) is 0 Å². The second-order valence-corrected chi connectivity index (χ2v) is 4.52. The number of anilines is 1. The smallest absolute Gasteiger partial charge is 0.239 e. The molecule has 1 aromatic rings. The molecule has 0 fully saturated rings. The Morgan fingerprint density at radius 2 is 2.11 bits per heavy atom. The van der Waals surface area contributed by atoms with Gasteiger partial charge in [-0.25, -0.2) is 0 Å². The Kier molecular flexibility index (Phi) is 6.41. The quantitative estimate of drug-likeness (QED) is 0.719. The average Bonchev–Trinajstić information content (AvgIpc) is 2.41. The molecule has 0 spiro atoms. The predicted octanol–water partition coefficient (Wildman–Crippen LogP) is 1.04. The van der Waals surface area contributed by atoms with Crippen molar-refractivity contribution in [1.82, 2.24) is 10.2 Å². The highest BCUT2D eigenvalue weighted by molar-refractivity contribution is 5.81. The number of carbonyl (C=O) groups excluding carboxylic acids is 1. The first-order valence-corrected chi connectivity index (χ1v) is 6.28. The molecule has 0 unspecified atom stereocenters. The summed E-state index contributed by atoms with van der Waals surface area (Å²) in [6.45, 7) is 1.80. The summed E-state index contributed by atoms with van der Waals surface area (Å²) in [5, 5.41) is 14.7. The Labute approximate surface area is 114 Å². The molecule has 0 heterocycles. The van der Waals surface area contributed by atoms with Crippen LogP contribution in [0.25, 0.3) is 0 Å². The minimum absolute atomic E-state index is 0.0634. The van der Waals surface area contributed by atoms with Crippen LogP contribution in [0.4, 0.5) is 5.69 Å². The first-order chi connectivity index (χ1) is 9.13. The second kappa shape index (κ2) is 8.11. The zero-order chi connectivity index (χ0) is 14.1. The van der Waals surface area contributed by atoms with Crippen molar-refractivity contribution in [2.75, 3.05) is 39.0 Å². The maximum atomic E-state index is 11.6. The van der Waals surface area contributed by atoms with Gasteiger partial charge in [-0.3, -0.25) is 4.79 Å². The Balaban J connectivity index is 2.29. The van der Waals surface area contributed by atoms with E-state index in [9.17, 15) is 4.79 Å². The summed E-state index contributed by atoms with van der Waals surface area (Å²) in [5.74, 6) is -0.0634. The first kappa shape index (κ1) is 15.0. The van der Waals surface area contributed by atoms with Crippen molar-refractivity contribution in [1.29, 1.82) is 5.26 Å². The number of amides is 1. The number of carbonyl (C=O) groups is 1. The molecule has 0 bridgehead atoms. The molecule has 1 rings (SSSR count). The number of nitriles is 1. The molecule has 0 radical (unpaired) electrons. The summed E-state index contributed by atoms with van der Waals surface area (Å²) in [5.41, 5.74) is 1.23. The van der Waals surface area contributed by atoms with Crippen molar-refractivity contribution in [3.63, 3.8) is 0 Å². The van der Waals surface area contributed by atoms with Crippen LogP contribution in [-0.4, -0.2) is 44.5 Å². The van der Waals surface area contributed by atoms with Gasteiger partial charge in [-0.15, -0.1) is 0 Å². The van der Waals surface area contributed by atoms with Crippen LogP contribution in [0.15, 0.2) is 24.3 Å². The lowest BCUT2D eigenvalue weighted by Gasteiger charge is -2.11. The van der Waals surface area contributed by atoms with Crippen LogP contribution in [0.2, 0.25) is 0 Å². The van der Waals surface area contributed by atoms with Gasteiger partial charge in [0, 0.05) is 6.54 Å². The van der Waals surface area contributed by atoms with Crippen molar-refractivity contribution in [3.8, 4) is 6.07 Å². The van der Waals surface area contributed by atoms with Gasteiger partial charge in [0.05, 0.1) is 17.8 Å². The van der Waals surface area contributed by atoms with Gasteiger partial charge in [0.2, 0.25) is 5.91 Å². The molecule has 2 N–H and O–H groups in total. The van der Waals surface area contributed by atoms with Crippen LogP contribution < -0.4 is 10.6 Å². The molecule has 1 aromatic carbocycles. The highest BCUT2D eigenvalue weighted by Gasteiger charge is 2.03. The highest BCUT2D eigenvalue weighted by Crippen LogP contribution is 2.12. The lowest BCUT2D eigenvalue weighted by Crippen LogP contribution is -2.32. The Morgan fingerprint density at radius 1 is 1.37 bits per heavy atom. The molecule has 0 saturated carbocycles. The van der Waals surface area contributed by atoms with Gasteiger partial charge in [0.1, 0.15) is 6.07 Å². The number of rotatable bonds is 7. The van der Waals surface area contributed by atoms with Gasteiger partial charge in [-0.05, 0) is 39.2 Å². The molecular formula is C14H20N4O. The Hall–Kier alpha value is -2.06. The molecule has 0 aliphatic heterocycles. The number of hydrogen-bond acceptors (Lipinski definition) is 4. The predicted molar refractivity (Wildman–Crippen MR) is 75.8 cm³/mol. The number of nitrogens with zero attached hydrogens (tertiary/aromatic N) is 2. The summed E-state index contributed by atoms with van der Waals surface area (Å²) in [4.78, 5) is 13.7. The molecule has 1 amide bonds. The number of para-hydroxylation sites is 1. The minimum Gasteiger partial charge on any atom is -0.375 e. The molecule has 0 aromatic heterocycles. The zero-order valence-corrected chi connectivity index (χ0v) is 11.4. The highest BCUT2D eigenvalue weighted by atomic mass is 16.1. The van der Waals surface area contributed by atoms with Crippen LogP contribution in [0.1, 0.15) is 12.0 Å². The fourth-order valence-electron chi connectivity index (χ4n) is 1.60. The van der Waals surface area contributed by atoms with Gasteiger partial charge < -0.3 is 15.5 Å². The number of nitrogens with one attached hydrogen (secondary N) is 2. The third-order valence-corrected chi connectivity index (χ3v) is 2.59. The minimum atomic E-state index is -0.0634.